The minimum Gasteiger partial charge on any atom is -0.353 e. The lowest BCUT2D eigenvalue weighted by molar-refractivity contribution is -0.122. The Balaban J connectivity index is 0.00000110. The molecule has 2 aliphatic rings. The van der Waals surface area contributed by atoms with Gasteiger partial charge in [-0.05, 0) is 44.2 Å². The van der Waals surface area contributed by atoms with Crippen LogP contribution in [-0.4, -0.2) is 29.0 Å². The van der Waals surface area contributed by atoms with Gasteiger partial charge in [0.15, 0.2) is 0 Å². The van der Waals surface area contributed by atoms with Crippen molar-refractivity contribution in [2.75, 3.05) is 0 Å². The van der Waals surface area contributed by atoms with Crippen molar-refractivity contribution in [3.05, 3.63) is 30.1 Å². The molecule has 2 N–H and O–H groups in total. The van der Waals surface area contributed by atoms with Crippen LogP contribution in [0.5, 0.6) is 0 Å². The van der Waals surface area contributed by atoms with Gasteiger partial charge in [-0.1, -0.05) is 6.07 Å². The molecular formula is C15H23Cl2N3O. The van der Waals surface area contributed by atoms with Gasteiger partial charge in [0.1, 0.15) is 0 Å². The Morgan fingerprint density at radius 2 is 1.95 bits per heavy atom. The van der Waals surface area contributed by atoms with E-state index < -0.39 is 0 Å². The summed E-state index contributed by atoms with van der Waals surface area (Å²) in [7, 11) is 0. The zero-order valence-electron chi connectivity index (χ0n) is 12.0. The molecule has 2 bridgehead atoms. The first kappa shape index (κ1) is 18.2. The first-order valence-electron chi connectivity index (χ1n) is 7.25. The Hall–Kier alpha value is -0.840. The SMILES string of the molecule is Cl.Cl.O=C(CCc1ccccn1)NC1CC2CCC(C1)N2. The van der Waals surface area contributed by atoms with Crippen molar-refractivity contribution in [3.63, 3.8) is 0 Å². The molecule has 2 aliphatic heterocycles. The van der Waals surface area contributed by atoms with Crippen molar-refractivity contribution >= 4 is 30.7 Å². The first-order valence-corrected chi connectivity index (χ1v) is 7.25. The topological polar surface area (TPSA) is 54.0 Å². The van der Waals surface area contributed by atoms with Crippen molar-refractivity contribution in [1.29, 1.82) is 0 Å². The number of piperidine rings is 1. The molecule has 1 aromatic heterocycles. The molecule has 3 rings (SSSR count). The second-order valence-electron chi connectivity index (χ2n) is 5.69. The highest BCUT2D eigenvalue weighted by atomic mass is 35.5. The van der Waals surface area contributed by atoms with Crippen LogP contribution in [0.1, 0.15) is 37.8 Å². The molecule has 3 heterocycles. The van der Waals surface area contributed by atoms with Gasteiger partial charge < -0.3 is 10.6 Å². The van der Waals surface area contributed by atoms with Gasteiger partial charge in [0, 0.05) is 36.4 Å². The molecule has 6 heteroatoms. The van der Waals surface area contributed by atoms with Crippen LogP contribution >= 0.6 is 24.8 Å². The van der Waals surface area contributed by atoms with Crippen molar-refractivity contribution in [1.82, 2.24) is 15.6 Å². The van der Waals surface area contributed by atoms with Gasteiger partial charge in [-0.2, -0.15) is 0 Å². The third-order valence-electron chi connectivity index (χ3n) is 4.17. The minimum atomic E-state index is 0. The number of rotatable bonds is 4. The maximum atomic E-state index is 12.0. The van der Waals surface area contributed by atoms with E-state index in [-0.39, 0.29) is 30.7 Å². The summed E-state index contributed by atoms with van der Waals surface area (Å²) in [5.41, 5.74) is 0.989. The standard InChI is InChI=1S/C15H21N3O.2ClH/c19-15(7-6-11-3-1-2-8-16-11)18-14-9-12-4-5-13(10-14)17-12;;/h1-3,8,12-14,17H,4-7,9-10H2,(H,18,19);2*1H. The number of carbonyl (C=O) groups excluding carboxylic acids is 1. The van der Waals surface area contributed by atoms with Gasteiger partial charge in [0.05, 0.1) is 0 Å². The maximum Gasteiger partial charge on any atom is 0.220 e. The fourth-order valence-electron chi connectivity index (χ4n) is 3.26. The fraction of sp³-hybridized carbons (Fsp3) is 0.600. The molecule has 1 aromatic rings. The average molecular weight is 332 g/mol. The monoisotopic (exact) mass is 331 g/mol. The molecule has 0 spiro atoms. The molecule has 118 valence electrons. The molecule has 1 amide bonds. The number of nitrogens with zero attached hydrogens (tertiary/aromatic N) is 1. The van der Waals surface area contributed by atoms with Crippen molar-refractivity contribution in [2.24, 2.45) is 0 Å². The number of hydrogen-bond acceptors (Lipinski definition) is 3. The average Bonchev–Trinajstić information content (AvgIpc) is 2.77. The number of hydrogen-bond donors (Lipinski definition) is 2. The van der Waals surface area contributed by atoms with Crippen LogP contribution in [0.3, 0.4) is 0 Å². The molecule has 21 heavy (non-hydrogen) atoms. The molecule has 0 radical (unpaired) electrons. The summed E-state index contributed by atoms with van der Waals surface area (Å²) in [6, 6.07) is 7.45. The number of aryl methyl sites for hydroxylation is 1. The number of aromatic nitrogens is 1. The van der Waals surface area contributed by atoms with Gasteiger partial charge >= 0.3 is 0 Å². The van der Waals surface area contributed by atoms with Crippen LogP contribution in [0.15, 0.2) is 24.4 Å². The number of carbonyl (C=O) groups is 1. The van der Waals surface area contributed by atoms with E-state index in [2.05, 4.69) is 15.6 Å². The predicted molar refractivity (Wildman–Crippen MR) is 88.2 cm³/mol. The third-order valence-corrected chi connectivity index (χ3v) is 4.17. The third kappa shape index (κ3) is 5.13. The van der Waals surface area contributed by atoms with Crippen LogP contribution in [0.2, 0.25) is 0 Å². The molecule has 2 saturated heterocycles. The second kappa shape index (κ2) is 8.57. The van der Waals surface area contributed by atoms with Crippen LogP contribution in [0, 0.1) is 0 Å². The Morgan fingerprint density at radius 1 is 1.24 bits per heavy atom. The number of halogens is 2. The van der Waals surface area contributed by atoms with E-state index in [0.717, 1.165) is 25.0 Å². The van der Waals surface area contributed by atoms with Gasteiger partial charge in [0.2, 0.25) is 5.91 Å². The summed E-state index contributed by atoms with van der Waals surface area (Å²) in [5.74, 6) is 0.164. The second-order valence-corrected chi connectivity index (χ2v) is 5.69. The highest BCUT2D eigenvalue weighted by molar-refractivity contribution is 5.85. The number of fused-ring (bicyclic) bond motifs is 2. The van der Waals surface area contributed by atoms with Gasteiger partial charge in [-0.3, -0.25) is 9.78 Å². The number of pyridine rings is 1. The van der Waals surface area contributed by atoms with Crippen LogP contribution in [0.4, 0.5) is 0 Å². The molecule has 4 nitrogen and oxygen atoms in total. The summed E-state index contributed by atoms with van der Waals surface area (Å²) in [4.78, 5) is 16.2. The van der Waals surface area contributed by atoms with E-state index in [0.29, 0.717) is 24.5 Å². The lowest BCUT2D eigenvalue weighted by Gasteiger charge is -2.29. The van der Waals surface area contributed by atoms with Crippen LogP contribution in [-0.2, 0) is 11.2 Å². The van der Waals surface area contributed by atoms with Crippen LogP contribution < -0.4 is 10.6 Å². The highest BCUT2D eigenvalue weighted by Crippen LogP contribution is 2.26. The fourth-order valence-corrected chi connectivity index (χ4v) is 3.26. The highest BCUT2D eigenvalue weighted by Gasteiger charge is 2.33. The Bertz CT molecular complexity index is 432. The number of amides is 1. The van der Waals surface area contributed by atoms with E-state index in [1.807, 2.05) is 18.2 Å². The Kier molecular flexibility index (Phi) is 7.43. The summed E-state index contributed by atoms with van der Waals surface area (Å²) < 4.78 is 0. The van der Waals surface area contributed by atoms with E-state index in [1.54, 1.807) is 6.20 Å². The van der Waals surface area contributed by atoms with E-state index >= 15 is 0 Å². The normalized spacial score (nSPS) is 26.4. The minimum absolute atomic E-state index is 0. The summed E-state index contributed by atoms with van der Waals surface area (Å²) in [6.07, 6.45) is 7.76. The zero-order chi connectivity index (χ0) is 13.1. The lowest BCUT2D eigenvalue weighted by atomic mass is 9.99. The van der Waals surface area contributed by atoms with Crippen molar-refractivity contribution in [3.8, 4) is 0 Å². The summed E-state index contributed by atoms with van der Waals surface area (Å²) in [5, 5.41) is 6.77. The van der Waals surface area contributed by atoms with Crippen molar-refractivity contribution < 1.29 is 4.79 Å². The molecule has 0 saturated carbocycles. The van der Waals surface area contributed by atoms with Crippen molar-refractivity contribution in [2.45, 2.75) is 56.7 Å². The largest absolute Gasteiger partial charge is 0.353 e. The lowest BCUT2D eigenvalue weighted by Crippen LogP contribution is -2.48. The molecule has 2 unspecified atom stereocenters. The smallest absolute Gasteiger partial charge is 0.220 e. The van der Waals surface area contributed by atoms with Gasteiger partial charge in [-0.15, -0.1) is 24.8 Å². The van der Waals surface area contributed by atoms with Crippen LogP contribution in [0.25, 0.3) is 0 Å². The molecule has 2 fully saturated rings. The first-order chi connectivity index (χ1) is 9.29. The molecular weight excluding hydrogens is 309 g/mol. The molecule has 2 atom stereocenters. The molecule has 0 aliphatic carbocycles. The Morgan fingerprint density at radius 3 is 2.57 bits per heavy atom. The quantitative estimate of drug-likeness (QED) is 0.889. The maximum absolute atomic E-state index is 12.0. The summed E-state index contributed by atoms with van der Waals surface area (Å²) in [6.45, 7) is 0. The van der Waals surface area contributed by atoms with E-state index in [1.165, 1.54) is 12.8 Å². The predicted octanol–water partition coefficient (Wildman–Crippen LogP) is 2.26. The van der Waals surface area contributed by atoms with E-state index in [4.69, 9.17) is 0 Å². The zero-order valence-corrected chi connectivity index (χ0v) is 13.6. The number of nitrogens with one attached hydrogen (secondary N) is 2. The molecule has 0 aromatic carbocycles. The van der Waals surface area contributed by atoms with Gasteiger partial charge in [0.25, 0.3) is 0 Å². The summed E-state index contributed by atoms with van der Waals surface area (Å²) >= 11 is 0. The Labute approximate surface area is 138 Å². The van der Waals surface area contributed by atoms with Gasteiger partial charge in [-0.25, -0.2) is 0 Å². The van der Waals surface area contributed by atoms with E-state index in [9.17, 15) is 4.79 Å².